The molecule has 0 heterocycles. The van der Waals surface area contributed by atoms with Crippen molar-refractivity contribution in [3.63, 3.8) is 0 Å². The van der Waals surface area contributed by atoms with E-state index in [0.29, 0.717) is 0 Å². The number of thiol groups is 1. The summed E-state index contributed by atoms with van der Waals surface area (Å²) >= 11 is 3.57. The zero-order valence-corrected chi connectivity index (χ0v) is 5.90. The van der Waals surface area contributed by atoms with Gasteiger partial charge in [-0.1, -0.05) is 0 Å². The lowest BCUT2D eigenvalue weighted by Gasteiger charge is -2.00. The number of allylic oxidation sites excluding steroid dienone is 4. The third-order valence-corrected chi connectivity index (χ3v) is 1.28. The van der Waals surface area contributed by atoms with Gasteiger partial charge in [-0.25, -0.2) is 8.79 Å². The van der Waals surface area contributed by atoms with E-state index in [4.69, 9.17) is 5.41 Å². The van der Waals surface area contributed by atoms with E-state index in [1.54, 1.807) is 0 Å². The van der Waals surface area contributed by atoms with Crippen molar-refractivity contribution in [2.24, 2.45) is 4.40 Å². The predicted octanol–water partition coefficient (Wildman–Crippen LogP) is 1.72. The molecule has 0 aromatic carbocycles. The van der Waals surface area contributed by atoms with Crippen LogP contribution in [0.15, 0.2) is 28.5 Å². The minimum absolute atomic E-state index is 0.177. The maximum atomic E-state index is 12.4. The first-order valence-corrected chi connectivity index (χ1v) is 3.00. The first kappa shape index (κ1) is 7.21. The molecule has 0 aromatic rings. The molecule has 52 valence electrons. The van der Waals surface area contributed by atoms with E-state index in [-0.39, 0.29) is 11.4 Å². The highest BCUT2D eigenvalue weighted by atomic mass is 32.1. The van der Waals surface area contributed by atoms with Gasteiger partial charge in [0.05, 0.1) is 11.4 Å². The molecule has 0 atom stereocenters. The summed E-state index contributed by atoms with van der Waals surface area (Å²) in [5, 5.41) is 7.16. The zero-order valence-electron chi connectivity index (χ0n) is 5.00. The normalized spacial score (nSPS) is 21.6. The Kier molecular flexibility index (Phi) is 2.01. The van der Waals surface area contributed by atoms with Crippen LogP contribution in [-0.4, -0.2) is 11.4 Å². The van der Waals surface area contributed by atoms with Crippen molar-refractivity contribution >= 4 is 24.2 Å². The summed E-state index contributed by atoms with van der Waals surface area (Å²) in [6.45, 7) is 0. The van der Waals surface area contributed by atoms with Gasteiger partial charge in [-0.3, -0.25) is 5.41 Å². The third kappa shape index (κ3) is 1.33. The molecule has 0 aliphatic heterocycles. The molecule has 0 amide bonds. The molecule has 10 heavy (non-hydrogen) atoms. The first-order chi connectivity index (χ1) is 4.74. The van der Waals surface area contributed by atoms with Crippen LogP contribution in [0.25, 0.3) is 0 Å². The Bertz CT molecular complexity index is 252. The topological polar surface area (TPSA) is 36.2 Å². The Balaban J connectivity index is 2.99. The highest BCUT2D eigenvalue weighted by Gasteiger charge is 2.06. The fourth-order valence-corrected chi connectivity index (χ4v) is 0.753. The Hall–Kier alpha value is -0.900. The van der Waals surface area contributed by atoms with Crippen LogP contribution in [0.2, 0.25) is 0 Å². The second kappa shape index (κ2) is 2.79. The highest BCUT2D eigenvalue weighted by Crippen LogP contribution is 2.07. The van der Waals surface area contributed by atoms with E-state index in [1.165, 1.54) is 12.2 Å². The Morgan fingerprint density at radius 1 is 1.50 bits per heavy atom. The van der Waals surface area contributed by atoms with Crippen LogP contribution in [0.5, 0.6) is 0 Å². The summed E-state index contributed by atoms with van der Waals surface area (Å²) in [7, 11) is 0. The van der Waals surface area contributed by atoms with Gasteiger partial charge >= 0.3 is 0 Å². The van der Waals surface area contributed by atoms with Gasteiger partial charge in [0.25, 0.3) is 0 Å². The summed E-state index contributed by atoms with van der Waals surface area (Å²) in [6.07, 6.45) is 3.71. The molecule has 0 fully saturated rings. The van der Waals surface area contributed by atoms with Crippen molar-refractivity contribution in [1.29, 1.82) is 5.41 Å². The number of nitrogens with zero attached hydrogens (tertiary/aromatic N) is 1. The van der Waals surface area contributed by atoms with Crippen molar-refractivity contribution in [3.05, 3.63) is 24.1 Å². The minimum atomic E-state index is -0.399. The second-order valence-electron chi connectivity index (χ2n) is 1.76. The van der Waals surface area contributed by atoms with Crippen LogP contribution < -0.4 is 0 Å². The van der Waals surface area contributed by atoms with Gasteiger partial charge in [0, 0.05) is 6.08 Å². The molecular weight excluding hydrogens is 151 g/mol. The molecule has 0 aromatic heterocycles. The van der Waals surface area contributed by atoms with E-state index in [1.807, 2.05) is 0 Å². The van der Waals surface area contributed by atoms with E-state index in [0.717, 1.165) is 6.08 Å². The monoisotopic (exact) mass is 156 g/mol. The number of hydrogen-bond acceptors (Lipinski definition) is 3. The lowest BCUT2D eigenvalue weighted by Crippen LogP contribution is -2.09. The van der Waals surface area contributed by atoms with E-state index in [2.05, 4.69) is 17.2 Å². The van der Waals surface area contributed by atoms with E-state index in [9.17, 15) is 4.39 Å². The minimum Gasteiger partial charge on any atom is -0.299 e. The maximum Gasteiger partial charge on any atom is 0.125 e. The molecule has 1 N–H and O–H groups in total. The lowest BCUT2D eigenvalue weighted by atomic mass is 10.1. The molecule has 0 saturated heterocycles. The van der Waals surface area contributed by atoms with Gasteiger partial charge in [-0.15, -0.1) is 0 Å². The standard InChI is InChI=1S/C6H5FN2S/c7-4-1-2-5(8)6(3-4)9-10/h1-3,8,10H/b8-5?,9-6-. The summed E-state index contributed by atoms with van der Waals surface area (Å²) < 4.78 is 15.8. The van der Waals surface area contributed by atoms with Crippen LogP contribution >= 0.6 is 12.8 Å². The molecule has 0 bridgehead atoms. The summed E-state index contributed by atoms with van der Waals surface area (Å²) in [5.74, 6) is -0.399. The summed E-state index contributed by atoms with van der Waals surface area (Å²) in [6, 6.07) is 0. The largest absolute Gasteiger partial charge is 0.299 e. The van der Waals surface area contributed by atoms with Gasteiger partial charge in [-0.05, 0) is 25.0 Å². The predicted molar refractivity (Wildman–Crippen MR) is 42.5 cm³/mol. The quantitative estimate of drug-likeness (QED) is 0.396. The fraction of sp³-hybridized carbons (Fsp3) is 0. The average molecular weight is 156 g/mol. The van der Waals surface area contributed by atoms with Gasteiger partial charge in [-0.2, -0.15) is 0 Å². The molecule has 4 heteroatoms. The SMILES string of the molecule is N=C1C=CC(F)=C/C1=N/S. The van der Waals surface area contributed by atoms with Crippen LogP contribution in [0.3, 0.4) is 0 Å². The molecule has 1 rings (SSSR count). The average Bonchev–Trinajstić information content (AvgIpc) is 1.94. The molecule has 0 radical (unpaired) electrons. The molecule has 1 aliphatic carbocycles. The van der Waals surface area contributed by atoms with Crippen LogP contribution in [-0.2, 0) is 0 Å². The van der Waals surface area contributed by atoms with E-state index >= 15 is 0 Å². The Morgan fingerprint density at radius 3 is 2.70 bits per heavy atom. The maximum absolute atomic E-state index is 12.4. The summed E-state index contributed by atoms with van der Waals surface area (Å²) in [5.41, 5.74) is 0.430. The highest BCUT2D eigenvalue weighted by molar-refractivity contribution is 7.79. The van der Waals surface area contributed by atoms with Crippen LogP contribution in [0.1, 0.15) is 0 Å². The smallest absolute Gasteiger partial charge is 0.125 e. The number of hydrogen-bond donors (Lipinski definition) is 2. The Morgan fingerprint density at radius 2 is 2.20 bits per heavy atom. The van der Waals surface area contributed by atoms with Crippen molar-refractivity contribution < 1.29 is 4.39 Å². The van der Waals surface area contributed by atoms with Crippen molar-refractivity contribution in [3.8, 4) is 0 Å². The van der Waals surface area contributed by atoms with Crippen molar-refractivity contribution in [2.45, 2.75) is 0 Å². The number of halogens is 1. The fourth-order valence-electron chi connectivity index (χ4n) is 0.588. The van der Waals surface area contributed by atoms with Crippen LogP contribution in [0.4, 0.5) is 4.39 Å². The molecule has 1 aliphatic rings. The van der Waals surface area contributed by atoms with Crippen molar-refractivity contribution in [2.75, 3.05) is 0 Å². The molecular formula is C6H5FN2S. The number of rotatable bonds is 0. The molecule has 0 saturated carbocycles. The molecule has 2 nitrogen and oxygen atoms in total. The van der Waals surface area contributed by atoms with Crippen molar-refractivity contribution in [1.82, 2.24) is 0 Å². The van der Waals surface area contributed by atoms with Crippen LogP contribution in [0, 0.1) is 5.41 Å². The van der Waals surface area contributed by atoms with Gasteiger partial charge < -0.3 is 0 Å². The Labute approximate surface area is 63.2 Å². The van der Waals surface area contributed by atoms with E-state index < -0.39 is 5.83 Å². The molecule has 0 unspecified atom stereocenters. The lowest BCUT2D eigenvalue weighted by molar-refractivity contribution is 0.668. The third-order valence-electron chi connectivity index (χ3n) is 1.07. The van der Waals surface area contributed by atoms with Gasteiger partial charge in [0.2, 0.25) is 0 Å². The summed E-state index contributed by atoms with van der Waals surface area (Å²) in [4.78, 5) is 0. The van der Waals surface area contributed by atoms with Gasteiger partial charge in [0.15, 0.2) is 0 Å². The first-order valence-electron chi connectivity index (χ1n) is 2.60. The number of nitrogens with one attached hydrogen (secondary N) is 1. The second-order valence-corrected chi connectivity index (χ2v) is 1.96. The molecule has 0 spiro atoms. The zero-order chi connectivity index (χ0) is 7.56. The van der Waals surface area contributed by atoms with Gasteiger partial charge in [0.1, 0.15) is 5.83 Å².